The van der Waals surface area contributed by atoms with Crippen LogP contribution in [0.1, 0.15) is 44.9 Å². The molecule has 1 saturated carbocycles. The van der Waals surface area contributed by atoms with Crippen molar-refractivity contribution in [3.05, 3.63) is 11.6 Å². The molecule has 9 heteroatoms. The van der Waals surface area contributed by atoms with Crippen LogP contribution < -0.4 is 21.7 Å². The van der Waals surface area contributed by atoms with Gasteiger partial charge in [-0.2, -0.15) is 0 Å². The lowest BCUT2D eigenvalue weighted by Gasteiger charge is -2.32. The molecule has 7 N–H and O–H groups in total. The smallest absolute Gasteiger partial charge is 0.315 e. The van der Waals surface area contributed by atoms with Gasteiger partial charge in [-0.3, -0.25) is 9.59 Å². The standard InChI is InChI=1S/C17H28N4O5/c18-14(23)6-7-19-16(25)10-8-12(15(24)13(22)9-10)21-17(26)20-11-4-2-1-3-5-11/h8,11-13,15,22,24H,1-7,9H2,(H2,18,23)(H,19,25)(H2,20,21,26)/t12-,13-,15-/m1/s1. The number of aliphatic hydroxyl groups excluding tert-OH is 2. The minimum absolute atomic E-state index is 0.00959. The Labute approximate surface area is 152 Å². The molecular formula is C17H28N4O5. The Morgan fingerprint density at radius 1 is 1.12 bits per heavy atom. The molecule has 0 aliphatic heterocycles. The zero-order valence-electron chi connectivity index (χ0n) is 14.7. The molecule has 2 aliphatic carbocycles. The maximum Gasteiger partial charge on any atom is 0.315 e. The second-order valence-corrected chi connectivity index (χ2v) is 6.90. The average molecular weight is 368 g/mol. The van der Waals surface area contributed by atoms with Crippen LogP contribution in [-0.4, -0.2) is 58.9 Å². The van der Waals surface area contributed by atoms with Crippen LogP contribution in [0.15, 0.2) is 11.6 Å². The van der Waals surface area contributed by atoms with E-state index in [0.29, 0.717) is 0 Å². The highest BCUT2D eigenvalue weighted by Gasteiger charge is 2.34. The summed E-state index contributed by atoms with van der Waals surface area (Å²) in [6.45, 7) is 0.0877. The van der Waals surface area contributed by atoms with Gasteiger partial charge in [0.05, 0.1) is 12.1 Å². The summed E-state index contributed by atoms with van der Waals surface area (Å²) in [7, 11) is 0. The highest BCUT2D eigenvalue weighted by molar-refractivity contribution is 5.94. The summed E-state index contributed by atoms with van der Waals surface area (Å²) < 4.78 is 0. The van der Waals surface area contributed by atoms with Crippen molar-refractivity contribution in [2.24, 2.45) is 5.73 Å². The van der Waals surface area contributed by atoms with Crippen molar-refractivity contribution < 1.29 is 24.6 Å². The molecule has 0 aromatic heterocycles. The Morgan fingerprint density at radius 3 is 2.46 bits per heavy atom. The van der Waals surface area contributed by atoms with Gasteiger partial charge in [-0.15, -0.1) is 0 Å². The molecular weight excluding hydrogens is 340 g/mol. The molecule has 0 aromatic carbocycles. The lowest BCUT2D eigenvalue weighted by atomic mass is 9.90. The summed E-state index contributed by atoms with van der Waals surface area (Å²) in [5.74, 6) is -0.992. The van der Waals surface area contributed by atoms with Crippen molar-refractivity contribution in [3.8, 4) is 0 Å². The maximum absolute atomic E-state index is 12.2. The van der Waals surface area contributed by atoms with E-state index in [1.807, 2.05) is 0 Å². The number of amides is 4. The molecule has 0 unspecified atom stereocenters. The summed E-state index contributed by atoms with van der Waals surface area (Å²) in [4.78, 5) is 35.0. The number of carbonyl (C=O) groups is 3. The van der Waals surface area contributed by atoms with Crippen molar-refractivity contribution in [2.75, 3.05) is 6.54 Å². The SMILES string of the molecule is NC(=O)CCNC(=O)C1=C[C@@H](NC(=O)NC2CCCCC2)[C@@H](O)[C@H](O)C1. The number of rotatable bonds is 6. The van der Waals surface area contributed by atoms with Gasteiger partial charge in [0.1, 0.15) is 6.10 Å². The third kappa shape index (κ3) is 5.99. The van der Waals surface area contributed by atoms with E-state index in [2.05, 4.69) is 16.0 Å². The fraction of sp³-hybridized carbons (Fsp3) is 0.706. The van der Waals surface area contributed by atoms with Gasteiger partial charge in [-0.05, 0) is 12.8 Å². The average Bonchev–Trinajstić information content (AvgIpc) is 2.59. The lowest BCUT2D eigenvalue weighted by molar-refractivity contribution is -0.119. The molecule has 4 amide bonds. The molecule has 0 radical (unpaired) electrons. The zero-order chi connectivity index (χ0) is 19.1. The number of nitrogens with two attached hydrogens (primary N) is 1. The Kier molecular flexibility index (Phi) is 7.40. The van der Waals surface area contributed by atoms with E-state index in [1.165, 1.54) is 12.5 Å². The van der Waals surface area contributed by atoms with Gasteiger partial charge in [0.2, 0.25) is 11.8 Å². The van der Waals surface area contributed by atoms with Gasteiger partial charge < -0.3 is 31.9 Å². The number of primary amides is 1. The van der Waals surface area contributed by atoms with Crippen LogP contribution in [0.5, 0.6) is 0 Å². The molecule has 0 saturated heterocycles. The third-order valence-electron chi connectivity index (χ3n) is 4.76. The molecule has 0 heterocycles. The predicted molar refractivity (Wildman–Crippen MR) is 93.9 cm³/mol. The van der Waals surface area contributed by atoms with Crippen molar-refractivity contribution in [3.63, 3.8) is 0 Å². The van der Waals surface area contributed by atoms with Crippen LogP contribution in [0.2, 0.25) is 0 Å². The van der Waals surface area contributed by atoms with Crippen LogP contribution >= 0.6 is 0 Å². The Morgan fingerprint density at radius 2 is 1.81 bits per heavy atom. The Balaban J connectivity index is 1.92. The molecule has 2 aliphatic rings. The highest BCUT2D eigenvalue weighted by atomic mass is 16.3. The van der Waals surface area contributed by atoms with E-state index < -0.39 is 36.1 Å². The quantitative estimate of drug-likeness (QED) is 0.356. The first-order chi connectivity index (χ1) is 12.4. The minimum atomic E-state index is -1.20. The minimum Gasteiger partial charge on any atom is -0.390 e. The van der Waals surface area contributed by atoms with E-state index >= 15 is 0 Å². The first-order valence-corrected chi connectivity index (χ1v) is 9.07. The molecule has 9 nitrogen and oxygen atoms in total. The number of aliphatic hydroxyl groups is 2. The van der Waals surface area contributed by atoms with Gasteiger partial charge in [-0.1, -0.05) is 25.3 Å². The van der Waals surface area contributed by atoms with Crippen molar-refractivity contribution in [2.45, 2.75) is 69.2 Å². The zero-order valence-corrected chi connectivity index (χ0v) is 14.7. The van der Waals surface area contributed by atoms with E-state index in [4.69, 9.17) is 5.73 Å². The van der Waals surface area contributed by atoms with E-state index in [0.717, 1.165) is 25.7 Å². The number of hydrogen-bond acceptors (Lipinski definition) is 5. The first kappa shape index (κ1) is 20.2. The van der Waals surface area contributed by atoms with Gasteiger partial charge >= 0.3 is 6.03 Å². The fourth-order valence-corrected chi connectivity index (χ4v) is 3.30. The predicted octanol–water partition coefficient (Wildman–Crippen LogP) is -0.970. The second-order valence-electron chi connectivity index (χ2n) is 6.90. The van der Waals surface area contributed by atoms with Crippen LogP contribution in [0.4, 0.5) is 4.79 Å². The van der Waals surface area contributed by atoms with E-state index in [-0.39, 0.29) is 31.0 Å². The van der Waals surface area contributed by atoms with Crippen molar-refractivity contribution in [1.82, 2.24) is 16.0 Å². The molecule has 3 atom stereocenters. The Hall–Kier alpha value is -2.13. The summed E-state index contributed by atoms with van der Waals surface area (Å²) in [6.07, 6.45) is 4.21. The number of urea groups is 1. The first-order valence-electron chi connectivity index (χ1n) is 9.07. The summed E-state index contributed by atoms with van der Waals surface area (Å²) in [5.41, 5.74) is 5.26. The normalized spacial score (nSPS) is 26.5. The second kappa shape index (κ2) is 9.54. The maximum atomic E-state index is 12.2. The topological polar surface area (TPSA) is 154 Å². The van der Waals surface area contributed by atoms with Crippen molar-refractivity contribution in [1.29, 1.82) is 0 Å². The number of nitrogens with one attached hydrogen (secondary N) is 3. The third-order valence-corrected chi connectivity index (χ3v) is 4.76. The molecule has 0 bridgehead atoms. The van der Waals surface area contributed by atoms with Crippen LogP contribution in [0, 0.1) is 0 Å². The summed E-state index contributed by atoms with van der Waals surface area (Å²) in [5, 5.41) is 28.1. The molecule has 1 fully saturated rings. The van der Waals surface area contributed by atoms with E-state index in [1.54, 1.807) is 0 Å². The van der Waals surface area contributed by atoms with Crippen LogP contribution in [0.3, 0.4) is 0 Å². The largest absolute Gasteiger partial charge is 0.390 e. The van der Waals surface area contributed by atoms with Gasteiger partial charge in [0.25, 0.3) is 0 Å². The Bertz CT molecular complexity index is 559. The molecule has 0 spiro atoms. The summed E-state index contributed by atoms with van der Waals surface area (Å²) in [6, 6.07) is -1.20. The van der Waals surface area contributed by atoms with Gasteiger partial charge in [0.15, 0.2) is 0 Å². The molecule has 0 aromatic rings. The molecule has 26 heavy (non-hydrogen) atoms. The monoisotopic (exact) mass is 368 g/mol. The van der Waals surface area contributed by atoms with Gasteiger partial charge in [0, 0.05) is 31.0 Å². The van der Waals surface area contributed by atoms with Crippen molar-refractivity contribution >= 4 is 17.8 Å². The summed E-state index contributed by atoms with van der Waals surface area (Å²) >= 11 is 0. The van der Waals surface area contributed by atoms with Crippen LogP contribution in [-0.2, 0) is 9.59 Å². The lowest BCUT2D eigenvalue weighted by Crippen LogP contribution is -2.54. The molecule has 2 rings (SSSR count). The van der Waals surface area contributed by atoms with Gasteiger partial charge in [-0.25, -0.2) is 4.79 Å². The van der Waals surface area contributed by atoms with Crippen LogP contribution in [0.25, 0.3) is 0 Å². The highest BCUT2D eigenvalue weighted by Crippen LogP contribution is 2.20. The van der Waals surface area contributed by atoms with E-state index in [9.17, 15) is 24.6 Å². The number of carbonyl (C=O) groups excluding carboxylic acids is 3. The fourth-order valence-electron chi connectivity index (χ4n) is 3.30. The number of hydrogen-bond donors (Lipinski definition) is 6. The molecule has 146 valence electrons.